The van der Waals surface area contributed by atoms with Gasteiger partial charge in [-0.1, -0.05) is 42.3 Å². The fourth-order valence-corrected chi connectivity index (χ4v) is 4.77. The minimum atomic E-state index is -0.898. The predicted molar refractivity (Wildman–Crippen MR) is 110 cm³/mol. The molecule has 7 heteroatoms. The van der Waals surface area contributed by atoms with E-state index in [9.17, 15) is 5.02 Å². The van der Waals surface area contributed by atoms with Crippen LogP contribution in [-0.2, 0) is 5.75 Å². The van der Waals surface area contributed by atoms with Crippen LogP contribution in [0, 0.1) is 5.92 Å². The number of aromatic nitrogens is 2. The van der Waals surface area contributed by atoms with E-state index in [1.165, 1.54) is 11.1 Å². The number of rotatable bonds is 5. The van der Waals surface area contributed by atoms with Gasteiger partial charge in [0.25, 0.3) is 0 Å². The number of nitrogens with one attached hydrogen (secondary N) is 2. The van der Waals surface area contributed by atoms with E-state index in [0.29, 0.717) is 17.7 Å². The molecule has 0 saturated heterocycles. The molecule has 3 aromatic rings. The Kier molecular flexibility index (Phi) is 4.43. The summed E-state index contributed by atoms with van der Waals surface area (Å²) in [6.07, 6.45) is 5.72. The van der Waals surface area contributed by atoms with Gasteiger partial charge in [0, 0.05) is 28.9 Å². The molecule has 0 unspecified atom stereocenters. The lowest BCUT2D eigenvalue weighted by molar-refractivity contribution is 0.315. The average Bonchev–Trinajstić information content (AvgIpc) is 3.12. The number of nitrogens with zero attached hydrogens (tertiary/aromatic N) is 1. The standard InChI is InChI=1S/C20H20BN3O2S/c25-21-10-17(19-16-6-7-22-20(16)23-11-18(19)26-21)14-8-15(9-14)24-27-12-13-4-2-1-3-5-13/h1-7,10-11,14-15,24-25H,8-9,12H2,(H,22,23). The molecule has 2 aromatic heterocycles. The fourth-order valence-electron chi connectivity index (χ4n) is 3.90. The molecule has 5 nitrogen and oxygen atoms in total. The third kappa shape index (κ3) is 3.27. The molecule has 0 bridgehead atoms. The molecular weight excluding hydrogens is 357 g/mol. The summed E-state index contributed by atoms with van der Waals surface area (Å²) in [5.74, 6) is 3.92. The van der Waals surface area contributed by atoms with Gasteiger partial charge in [0.15, 0.2) is 0 Å². The molecule has 0 radical (unpaired) electrons. The van der Waals surface area contributed by atoms with E-state index in [1.54, 1.807) is 18.1 Å². The molecule has 3 heterocycles. The van der Waals surface area contributed by atoms with Crippen molar-refractivity contribution in [1.29, 1.82) is 0 Å². The molecule has 5 rings (SSSR count). The molecule has 1 aliphatic heterocycles. The Balaban J connectivity index is 1.26. The van der Waals surface area contributed by atoms with Crippen molar-refractivity contribution in [2.45, 2.75) is 24.6 Å². The Bertz CT molecular complexity index is 985. The normalized spacial score (nSPS) is 21.4. The monoisotopic (exact) mass is 377 g/mol. The van der Waals surface area contributed by atoms with Gasteiger partial charge in [-0.25, -0.2) is 4.98 Å². The molecule has 1 aromatic carbocycles. The van der Waals surface area contributed by atoms with Crippen molar-refractivity contribution in [3.8, 4) is 5.75 Å². The van der Waals surface area contributed by atoms with Gasteiger partial charge in [0.1, 0.15) is 11.4 Å². The Labute approximate surface area is 162 Å². The molecule has 27 heavy (non-hydrogen) atoms. The van der Waals surface area contributed by atoms with Crippen molar-refractivity contribution >= 4 is 35.7 Å². The van der Waals surface area contributed by atoms with Crippen LogP contribution < -0.4 is 9.38 Å². The van der Waals surface area contributed by atoms with Crippen LogP contribution in [0.2, 0.25) is 0 Å². The maximum atomic E-state index is 10.1. The number of fused-ring (bicyclic) bond motifs is 3. The summed E-state index contributed by atoms with van der Waals surface area (Å²) >= 11 is 1.77. The zero-order valence-corrected chi connectivity index (χ0v) is 15.6. The maximum absolute atomic E-state index is 10.1. The van der Waals surface area contributed by atoms with E-state index in [-0.39, 0.29) is 0 Å². The van der Waals surface area contributed by atoms with Crippen molar-refractivity contribution in [2.75, 3.05) is 0 Å². The third-order valence-corrected chi connectivity index (χ3v) is 6.30. The first-order valence-electron chi connectivity index (χ1n) is 9.22. The van der Waals surface area contributed by atoms with E-state index >= 15 is 0 Å². The number of benzene rings is 1. The SMILES string of the molecule is OB1C=C(C2CC(NSCc3ccccc3)C2)c2c(cnc3[nH]ccc23)O1. The number of aromatic amines is 1. The van der Waals surface area contributed by atoms with Crippen LogP contribution in [0.4, 0.5) is 0 Å². The van der Waals surface area contributed by atoms with Gasteiger partial charge in [-0.3, -0.25) is 4.72 Å². The number of hydrogen-bond donors (Lipinski definition) is 3. The largest absolute Gasteiger partial charge is 0.552 e. The van der Waals surface area contributed by atoms with E-state index in [4.69, 9.17) is 4.65 Å². The summed E-state index contributed by atoms with van der Waals surface area (Å²) in [6, 6.07) is 13.0. The van der Waals surface area contributed by atoms with Gasteiger partial charge in [-0.05, 0) is 41.9 Å². The van der Waals surface area contributed by atoms with Crippen molar-refractivity contribution < 1.29 is 9.68 Å². The lowest BCUT2D eigenvalue weighted by Crippen LogP contribution is -2.39. The second-order valence-corrected chi connectivity index (χ2v) is 7.94. The quantitative estimate of drug-likeness (QED) is 0.469. The van der Waals surface area contributed by atoms with Crippen molar-refractivity contribution in [3.63, 3.8) is 0 Å². The third-order valence-electron chi connectivity index (χ3n) is 5.32. The summed E-state index contributed by atoms with van der Waals surface area (Å²) in [7, 11) is -0.898. The lowest BCUT2D eigenvalue weighted by atomic mass is 9.68. The van der Waals surface area contributed by atoms with Crippen LogP contribution in [-0.4, -0.2) is 28.2 Å². The molecule has 1 saturated carbocycles. The van der Waals surface area contributed by atoms with Gasteiger partial charge in [-0.2, -0.15) is 0 Å². The zero-order valence-electron chi connectivity index (χ0n) is 14.8. The van der Waals surface area contributed by atoms with Crippen LogP contribution in [0.3, 0.4) is 0 Å². The van der Waals surface area contributed by atoms with Crippen LogP contribution in [0.1, 0.15) is 24.0 Å². The predicted octanol–water partition coefficient (Wildman–Crippen LogP) is 3.58. The number of hydrogen-bond acceptors (Lipinski definition) is 5. The summed E-state index contributed by atoms with van der Waals surface area (Å²) in [5.41, 5.74) is 4.44. The van der Waals surface area contributed by atoms with Crippen molar-refractivity contribution in [3.05, 3.63) is 65.9 Å². The highest BCUT2D eigenvalue weighted by molar-refractivity contribution is 7.96. The van der Waals surface area contributed by atoms with E-state index in [0.717, 1.165) is 35.2 Å². The van der Waals surface area contributed by atoms with Crippen LogP contribution in [0.15, 0.2) is 54.8 Å². The first-order chi connectivity index (χ1) is 13.3. The average molecular weight is 377 g/mol. The van der Waals surface area contributed by atoms with Gasteiger partial charge in [0.05, 0.1) is 6.20 Å². The lowest BCUT2D eigenvalue weighted by Gasteiger charge is -2.39. The molecule has 2 aliphatic rings. The molecule has 0 amide bonds. The second-order valence-electron chi connectivity index (χ2n) is 7.13. The zero-order chi connectivity index (χ0) is 18.2. The van der Waals surface area contributed by atoms with Gasteiger partial charge < -0.3 is 14.7 Å². The Morgan fingerprint density at radius 3 is 2.96 bits per heavy atom. The summed E-state index contributed by atoms with van der Waals surface area (Å²) < 4.78 is 9.16. The summed E-state index contributed by atoms with van der Waals surface area (Å²) in [6.45, 7) is 0. The Hall–Kier alpha value is -2.22. The van der Waals surface area contributed by atoms with Crippen LogP contribution in [0.5, 0.6) is 5.75 Å². The fraction of sp³-hybridized carbons (Fsp3) is 0.250. The van der Waals surface area contributed by atoms with Crippen LogP contribution >= 0.6 is 11.9 Å². The van der Waals surface area contributed by atoms with Crippen molar-refractivity contribution in [2.24, 2.45) is 5.92 Å². The van der Waals surface area contributed by atoms with E-state index in [1.807, 2.05) is 24.3 Å². The molecular formula is C20H20BN3O2S. The van der Waals surface area contributed by atoms with Gasteiger partial charge in [0.2, 0.25) is 0 Å². The Morgan fingerprint density at radius 1 is 1.26 bits per heavy atom. The summed E-state index contributed by atoms with van der Waals surface area (Å²) in [5, 5.41) is 11.2. The van der Waals surface area contributed by atoms with Gasteiger partial charge in [-0.15, -0.1) is 0 Å². The highest BCUT2D eigenvalue weighted by Gasteiger charge is 2.37. The Morgan fingerprint density at radius 2 is 2.11 bits per heavy atom. The smallest absolute Gasteiger partial charge is 0.531 e. The first kappa shape index (κ1) is 16.9. The second kappa shape index (κ2) is 7.07. The number of allylic oxidation sites excluding steroid dienone is 1. The molecule has 1 aliphatic carbocycles. The molecule has 0 atom stereocenters. The van der Waals surface area contributed by atoms with Crippen molar-refractivity contribution in [1.82, 2.24) is 14.7 Å². The molecule has 3 N–H and O–H groups in total. The molecule has 136 valence electrons. The minimum absolute atomic E-state index is 0.428. The highest BCUT2D eigenvalue weighted by Crippen LogP contribution is 2.46. The molecule has 0 spiro atoms. The van der Waals surface area contributed by atoms with E-state index < -0.39 is 7.12 Å². The van der Waals surface area contributed by atoms with Crippen LogP contribution in [0.25, 0.3) is 16.6 Å². The number of pyridine rings is 1. The summed E-state index contributed by atoms with van der Waals surface area (Å²) in [4.78, 5) is 7.53. The topological polar surface area (TPSA) is 70.2 Å². The first-order valence-corrected chi connectivity index (χ1v) is 10.2. The number of H-pyrrole nitrogens is 1. The molecule has 1 fully saturated rings. The van der Waals surface area contributed by atoms with E-state index in [2.05, 4.69) is 39.0 Å². The maximum Gasteiger partial charge on any atom is 0.552 e. The van der Waals surface area contributed by atoms with Gasteiger partial charge >= 0.3 is 7.12 Å². The minimum Gasteiger partial charge on any atom is -0.531 e. The highest BCUT2D eigenvalue weighted by atomic mass is 32.2.